The number of rotatable bonds is 6. The number of hydrogen-bond acceptors (Lipinski definition) is 3. The minimum absolute atomic E-state index is 0.0432. The number of hydrogen-bond donors (Lipinski definition) is 2. The molecule has 0 bridgehead atoms. The first-order valence-corrected chi connectivity index (χ1v) is 10.3. The molecule has 0 saturated carbocycles. The Morgan fingerprint density at radius 2 is 1.70 bits per heavy atom. The standard InChI is InChI=1S/C24H30N4O2/c1-16-13-20-21(14-17(16)2)28(15-25-20)12-6-7-22(29)26-19-10-8-18(9-11-19)23(30)27-24(3,4)5/h8-11,13-15H,6-7,12H2,1-5H3,(H,26,29)(H,27,30). The van der Waals surface area contributed by atoms with Crippen LogP contribution in [0.5, 0.6) is 0 Å². The SMILES string of the molecule is Cc1cc2ncn(CCCC(=O)Nc3ccc(C(=O)NC(C)(C)C)cc3)c2cc1C. The lowest BCUT2D eigenvalue weighted by Gasteiger charge is -2.20. The van der Waals surface area contributed by atoms with E-state index >= 15 is 0 Å². The molecule has 1 aromatic heterocycles. The molecule has 3 rings (SSSR count). The van der Waals surface area contributed by atoms with Gasteiger partial charge in [0.1, 0.15) is 0 Å². The Labute approximate surface area is 177 Å². The van der Waals surface area contributed by atoms with Gasteiger partial charge in [0.2, 0.25) is 5.91 Å². The minimum atomic E-state index is -0.290. The van der Waals surface area contributed by atoms with Crippen molar-refractivity contribution in [2.45, 2.75) is 59.5 Å². The number of benzene rings is 2. The second kappa shape index (κ2) is 8.69. The van der Waals surface area contributed by atoms with Gasteiger partial charge in [0.15, 0.2) is 0 Å². The topological polar surface area (TPSA) is 76.0 Å². The quantitative estimate of drug-likeness (QED) is 0.628. The van der Waals surface area contributed by atoms with E-state index in [4.69, 9.17) is 0 Å². The Morgan fingerprint density at radius 1 is 1.03 bits per heavy atom. The van der Waals surface area contributed by atoms with Gasteiger partial charge in [-0.2, -0.15) is 0 Å². The minimum Gasteiger partial charge on any atom is -0.347 e. The smallest absolute Gasteiger partial charge is 0.251 e. The fourth-order valence-corrected chi connectivity index (χ4v) is 3.24. The molecule has 0 spiro atoms. The summed E-state index contributed by atoms with van der Waals surface area (Å²) >= 11 is 0. The van der Waals surface area contributed by atoms with Crippen molar-refractivity contribution >= 4 is 28.5 Å². The highest BCUT2D eigenvalue weighted by molar-refractivity contribution is 5.96. The monoisotopic (exact) mass is 406 g/mol. The highest BCUT2D eigenvalue weighted by atomic mass is 16.2. The van der Waals surface area contributed by atoms with Crippen LogP contribution in [-0.2, 0) is 11.3 Å². The van der Waals surface area contributed by atoms with Gasteiger partial charge in [-0.1, -0.05) is 0 Å². The molecule has 0 aliphatic carbocycles. The summed E-state index contributed by atoms with van der Waals surface area (Å²) in [5.41, 5.74) is 5.52. The number of fused-ring (bicyclic) bond motifs is 1. The zero-order chi connectivity index (χ0) is 21.9. The number of nitrogens with zero attached hydrogens (tertiary/aromatic N) is 2. The lowest BCUT2D eigenvalue weighted by atomic mass is 10.1. The molecule has 0 unspecified atom stereocenters. The molecular weight excluding hydrogens is 376 g/mol. The predicted molar refractivity (Wildman–Crippen MR) is 121 cm³/mol. The van der Waals surface area contributed by atoms with E-state index in [2.05, 4.69) is 46.2 Å². The van der Waals surface area contributed by atoms with Crippen LogP contribution in [-0.4, -0.2) is 26.9 Å². The Balaban J connectivity index is 1.51. The van der Waals surface area contributed by atoms with Crippen molar-refractivity contribution in [3.63, 3.8) is 0 Å². The van der Waals surface area contributed by atoms with Crippen molar-refractivity contribution in [2.24, 2.45) is 0 Å². The number of aromatic nitrogens is 2. The summed E-state index contributed by atoms with van der Waals surface area (Å²) < 4.78 is 2.09. The third kappa shape index (κ3) is 5.47. The summed E-state index contributed by atoms with van der Waals surface area (Å²) in [4.78, 5) is 28.9. The van der Waals surface area contributed by atoms with Gasteiger partial charge >= 0.3 is 0 Å². The van der Waals surface area contributed by atoms with Crippen molar-refractivity contribution in [1.29, 1.82) is 0 Å². The van der Waals surface area contributed by atoms with E-state index in [0.29, 0.717) is 17.7 Å². The zero-order valence-corrected chi connectivity index (χ0v) is 18.4. The number of carbonyl (C=O) groups is 2. The summed E-state index contributed by atoms with van der Waals surface area (Å²) in [7, 11) is 0. The van der Waals surface area contributed by atoms with Gasteiger partial charge < -0.3 is 15.2 Å². The normalized spacial score (nSPS) is 11.5. The average Bonchev–Trinajstić information content (AvgIpc) is 3.03. The van der Waals surface area contributed by atoms with Crippen LogP contribution >= 0.6 is 0 Å². The van der Waals surface area contributed by atoms with Crippen LogP contribution in [0, 0.1) is 13.8 Å². The summed E-state index contributed by atoms with van der Waals surface area (Å²) in [6.07, 6.45) is 2.97. The van der Waals surface area contributed by atoms with E-state index in [0.717, 1.165) is 24.0 Å². The van der Waals surface area contributed by atoms with Crippen LogP contribution < -0.4 is 10.6 Å². The van der Waals surface area contributed by atoms with Crippen LogP contribution in [0.2, 0.25) is 0 Å². The van der Waals surface area contributed by atoms with Gasteiger partial charge in [-0.25, -0.2) is 4.98 Å². The molecule has 2 N–H and O–H groups in total. The number of amides is 2. The molecule has 2 amide bonds. The molecule has 158 valence electrons. The first-order chi connectivity index (χ1) is 14.1. The van der Waals surface area contributed by atoms with Gasteiger partial charge in [-0.15, -0.1) is 0 Å². The van der Waals surface area contributed by atoms with Crippen molar-refractivity contribution in [3.05, 3.63) is 59.4 Å². The highest BCUT2D eigenvalue weighted by Gasteiger charge is 2.15. The second-order valence-electron chi connectivity index (χ2n) is 8.80. The van der Waals surface area contributed by atoms with Crippen LogP contribution in [0.1, 0.15) is 55.1 Å². The molecule has 0 radical (unpaired) electrons. The third-order valence-corrected chi connectivity index (χ3v) is 4.96. The second-order valence-corrected chi connectivity index (χ2v) is 8.80. The molecule has 3 aromatic rings. The number of aryl methyl sites for hydroxylation is 3. The molecule has 0 aliphatic rings. The number of anilines is 1. The molecule has 30 heavy (non-hydrogen) atoms. The van der Waals surface area contributed by atoms with Gasteiger partial charge in [-0.05, 0) is 88.6 Å². The maximum absolute atomic E-state index is 12.3. The van der Waals surface area contributed by atoms with Crippen LogP contribution in [0.15, 0.2) is 42.7 Å². The van der Waals surface area contributed by atoms with Gasteiger partial charge in [0, 0.05) is 29.8 Å². The van der Waals surface area contributed by atoms with Crippen LogP contribution in [0.3, 0.4) is 0 Å². The van der Waals surface area contributed by atoms with Crippen molar-refractivity contribution in [3.8, 4) is 0 Å². The number of nitrogens with one attached hydrogen (secondary N) is 2. The maximum Gasteiger partial charge on any atom is 0.251 e. The van der Waals surface area contributed by atoms with E-state index in [1.165, 1.54) is 11.1 Å². The predicted octanol–water partition coefficient (Wildman–Crippen LogP) is 4.60. The summed E-state index contributed by atoms with van der Waals surface area (Å²) in [6.45, 7) is 10.7. The molecule has 2 aromatic carbocycles. The van der Waals surface area contributed by atoms with Crippen molar-refractivity contribution in [2.75, 3.05) is 5.32 Å². The fraction of sp³-hybridized carbons (Fsp3) is 0.375. The Kier molecular flexibility index (Phi) is 6.25. The molecule has 0 aliphatic heterocycles. The van der Waals surface area contributed by atoms with E-state index < -0.39 is 0 Å². The summed E-state index contributed by atoms with van der Waals surface area (Å²) in [6, 6.07) is 11.2. The molecular formula is C24H30N4O2. The van der Waals surface area contributed by atoms with Gasteiger partial charge in [-0.3, -0.25) is 9.59 Å². The molecule has 6 heteroatoms. The summed E-state index contributed by atoms with van der Waals surface area (Å²) in [5, 5.41) is 5.82. The molecule has 0 saturated heterocycles. The average molecular weight is 407 g/mol. The third-order valence-electron chi connectivity index (χ3n) is 4.96. The molecule has 6 nitrogen and oxygen atoms in total. The van der Waals surface area contributed by atoms with E-state index in [1.54, 1.807) is 24.3 Å². The maximum atomic E-state index is 12.3. The fourth-order valence-electron chi connectivity index (χ4n) is 3.24. The van der Waals surface area contributed by atoms with Crippen LogP contribution in [0.25, 0.3) is 11.0 Å². The van der Waals surface area contributed by atoms with E-state index in [9.17, 15) is 9.59 Å². The van der Waals surface area contributed by atoms with E-state index in [1.807, 2.05) is 27.1 Å². The van der Waals surface area contributed by atoms with Crippen molar-refractivity contribution < 1.29 is 9.59 Å². The molecule has 0 fully saturated rings. The zero-order valence-electron chi connectivity index (χ0n) is 18.4. The van der Waals surface area contributed by atoms with Gasteiger partial charge in [0.05, 0.1) is 17.4 Å². The lowest BCUT2D eigenvalue weighted by Crippen LogP contribution is -2.40. The Bertz CT molecular complexity index is 1060. The number of carbonyl (C=O) groups excluding carboxylic acids is 2. The highest BCUT2D eigenvalue weighted by Crippen LogP contribution is 2.19. The van der Waals surface area contributed by atoms with Gasteiger partial charge in [0.25, 0.3) is 5.91 Å². The summed E-state index contributed by atoms with van der Waals surface area (Å²) in [5.74, 6) is -0.170. The van der Waals surface area contributed by atoms with Crippen molar-refractivity contribution in [1.82, 2.24) is 14.9 Å². The first kappa shape index (κ1) is 21.6. The Hall–Kier alpha value is -3.15. The number of imidazole rings is 1. The molecule has 1 heterocycles. The lowest BCUT2D eigenvalue weighted by molar-refractivity contribution is -0.116. The van der Waals surface area contributed by atoms with Crippen LogP contribution in [0.4, 0.5) is 5.69 Å². The largest absolute Gasteiger partial charge is 0.347 e. The van der Waals surface area contributed by atoms with E-state index in [-0.39, 0.29) is 17.4 Å². The molecule has 0 atom stereocenters. The Morgan fingerprint density at radius 3 is 2.37 bits per heavy atom. The first-order valence-electron chi connectivity index (χ1n) is 10.3.